The monoisotopic (exact) mass is 298 g/mol. The lowest BCUT2D eigenvalue weighted by atomic mass is 10.1. The van der Waals surface area contributed by atoms with Crippen LogP contribution in [0.25, 0.3) is 0 Å². The van der Waals surface area contributed by atoms with Gasteiger partial charge in [-0.25, -0.2) is 0 Å². The zero-order chi connectivity index (χ0) is 15.5. The summed E-state index contributed by atoms with van der Waals surface area (Å²) >= 11 is 0. The zero-order valence-electron chi connectivity index (χ0n) is 12.4. The van der Waals surface area contributed by atoms with Crippen LogP contribution in [0.2, 0.25) is 0 Å². The van der Waals surface area contributed by atoms with E-state index in [4.69, 9.17) is 0 Å². The van der Waals surface area contributed by atoms with E-state index in [9.17, 15) is 9.59 Å². The second kappa shape index (κ2) is 6.01. The topological polar surface area (TPSA) is 78.1 Å². The highest BCUT2D eigenvalue weighted by molar-refractivity contribution is 6.04. The smallest absolute Gasteiger partial charge is 0.255 e. The van der Waals surface area contributed by atoms with Gasteiger partial charge in [0.05, 0.1) is 17.6 Å². The Morgan fingerprint density at radius 2 is 2.14 bits per heavy atom. The molecule has 22 heavy (non-hydrogen) atoms. The Balaban J connectivity index is 1.64. The summed E-state index contributed by atoms with van der Waals surface area (Å²) in [6.45, 7) is 3.28. The third kappa shape index (κ3) is 3.00. The molecule has 1 fully saturated rings. The van der Waals surface area contributed by atoms with Crippen LogP contribution in [-0.4, -0.2) is 33.5 Å². The van der Waals surface area contributed by atoms with Crippen molar-refractivity contribution < 1.29 is 9.59 Å². The highest BCUT2D eigenvalue weighted by atomic mass is 16.2. The number of benzene rings is 1. The number of amides is 2. The van der Waals surface area contributed by atoms with E-state index in [-0.39, 0.29) is 11.8 Å². The first-order valence-corrected chi connectivity index (χ1v) is 7.31. The predicted molar refractivity (Wildman–Crippen MR) is 82.4 cm³/mol. The number of rotatable bonds is 4. The number of H-pyrrole nitrogens is 1. The number of hydrogen-bond acceptors (Lipinski definition) is 3. The molecule has 0 atom stereocenters. The van der Waals surface area contributed by atoms with Gasteiger partial charge in [0.1, 0.15) is 0 Å². The summed E-state index contributed by atoms with van der Waals surface area (Å²) in [7, 11) is 0. The van der Waals surface area contributed by atoms with Crippen molar-refractivity contribution in [2.24, 2.45) is 0 Å². The number of carbonyl (C=O) groups is 2. The quantitative estimate of drug-likeness (QED) is 0.907. The second-order valence-electron chi connectivity index (χ2n) is 5.48. The molecule has 2 aromatic rings. The van der Waals surface area contributed by atoms with Gasteiger partial charge in [0.25, 0.3) is 5.91 Å². The number of hydrogen-bond donors (Lipinski definition) is 2. The number of aromatic amines is 1. The van der Waals surface area contributed by atoms with Gasteiger partial charge < -0.3 is 10.2 Å². The van der Waals surface area contributed by atoms with Crippen molar-refractivity contribution in [2.45, 2.75) is 26.3 Å². The molecule has 0 saturated carbocycles. The van der Waals surface area contributed by atoms with Gasteiger partial charge in [0.2, 0.25) is 5.91 Å². The number of anilines is 1. The summed E-state index contributed by atoms with van der Waals surface area (Å²) in [6.07, 6.45) is 3.16. The van der Waals surface area contributed by atoms with Crippen molar-refractivity contribution in [3.63, 3.8) is 0 Å². The minimum atomic E-state index is -0.173. The number of nitrogens with zero attached hydrogens (tertiary/aromatic N) is 2. The molecule has 0 aliphatic carbocycles. The molecule has 2 heterocycles. The van der Waals surface area contributed by atoms with Gasteiger partial charge in [-0.1, -0.05) is 12.1 Å². The molecule has 1 aromatic heterocycles. The van der Waals surface area contributed by atoms with Crippen LogP contribution in [0.3, 0.4) is 0 Å². The fraction of sp³-hybridized carbons (Fsp3) is 0.312. The van der Waals surface area contributed by atoms with E-state index >= 15 is 0 Å². The van der Waals surface area contributed by atoms with Gasteiger partial charge in [-0.2, -0.15) is 5.10 Å². The standard InChI is InChI=1S/C16H18N4O2/c1-11-14(9-17-19-11)18-16(22)13-6-4-12(5-7-13)10-20-8-2-3-15(20)21/h4-7,9H,2-3,8,10H2,1H3,(H,17,19)(H,18,22). The fourth-order valence-corrected chi connectivity index (χ4v) is 2.52. The molecule has 114 valence electrons. The first-order valence-electron chi connectivity index (χ1n) is 7.31. The summed E-state index contributed by atoms with van der Waals surface area (Å²) in [5.74, 6) is 0.0329. The Kier molecular flexibility index (Phi) is 3.91. The third-order valence-electron chi connectivity index (χ3n) is 3.84. The summed E-state index contributed by atoms with van der Waals surface area (Å²) in [4.78, 5) is 25.6. The van der Waals surface area contributed by atoms with Gasteiger partial charge in [-0.3, -0.25) is 14.7 Å². The molecule has 0 bridgehead atoms. The van der Waals surface area contributed by atoms with Crippen molar-refractivity contribution in [2.75, 3.05) is 11.9 Å². The summed E-state index contributed by atoms with van der Waals surface area (Å²) in [5, 5.41) is 9.46. The Bertz CT molecular complexity index is 690. The van der Waals surface area contributed by atoms with Crippen LogP contribution in [0.4, 0.5) is 5.69 Å². The van der Waals surface area contributed by atoms with Gasteiger partial charge in [-0.15, -0.1) is 0 Å². The number of aryl methyl sites for hydroxylation is 1. The molecule has 0 unspecified atom stereocenters. The predicted octanol–water partition coefficient (Wildman–Crippen LogP) is 2.09. The SMILES string of the molecule is Cc1[nH]ncc1NC(=O)c1ccc(CN2CCCC2=O)cc1. The molecular weight excluding hydrogens is 280 g/mol. The Morgan fingerprint density at radius 3 is 2.73 bits per heavy atom. The van der Waals surface area contributed by atoms with Gasteiger partial charge in [0.15, 0.2) is 0 Å². The molecule has 1 saturated heterocycles. The molecule has 6 heteroatoms. The number of likely N-dealkylation sites (tertiary alicyclic amines) is 1. The molecule has 2 N–H and O–H groups in total. The molecule has 2 amide bonds. The average molecular weight is 298 g/mol. The maximum atomic E-state index is 12.2. The zero-order valence-corrected chi connectivity index (χ0v) is 12.4. The van der Waals surface area contributed by atoms with E-state index in [2.05, 4.69) is 15.5 Å². The van der Waals surface area contributed by atoms with E-state index in [1.54, 1.807) is 18.3 Å². The molecule has 1 aliphatic rings. The van der Waals surface area contributed by atoms with Crippen LogP contribution in [0, 0.1) is 6.92 Å². The Hall–Kier alpha value is -2.63. The summed E-state index contributed by atoms with van der Waals surface area (Å²) in [6, 6.07) is 7.34. The molecule has 6 nitrogen and oxygen atoms in total. The van der Waals surface area contributed by atoms with Crippen molar-refractivity contribution in [1.82, 2.24) is 15.1 Å². The van der Waals surface area contributed by atoms with Crippen molar-refractivity contribution in [1.29, 1.82) is 0 Å². The lowest BCUT2D eigenvalue weighted by Crippen LogP contribution is -2.23. The van der Waals surface area contributed by atoms with Crippen molar-refractivity contribution in [3.8, 4) is 0 Å². The van der Waals surface area contributed by atoms with E-state index in [1.807, 2.05) is 24.0 Å². The van der Waals surface area contributed by atoms with E-state index in [1.165, 1.54) is 0 Å². The largest absolute Gasteiger partial charge is 0.338 e. The van der Waals surface area contributed by atoms with Crippen LogP contribution >= 0.6 is 0 Å². The minimum Gasteiger partial charge on any atom is -0.338 e. The highest BCUT2D eigenvalue weighted by Crippen LogP contribution is 2.16. The van der Waals surface area contributed by atoms with Gasteiger partial charge in [-0.05, 0) is 31.0 Å². The lowest BCUT2D eigenvalue weighted by molar-refractivity contribution is -0.128. The number of nitrogens with one attached hydrogen (secondary N) is 2. The fourth-order valence-electron chi connectivity index (χ4n) is 2.52. The van der Waals surface area contributed by atoms with Crippen LogP contribution in [-0.2, 0) is 11.3 Å². The minimum absolute atomic E-state index is 0.173. The number of carbonyl (C=O) groups excluding carboxylic acids is 2. The third-order valence-corrected chi connectivity index (χ3v) is 3.84. The van der Waals surface area contributed by atoms with Crippen LogP contribution in [0.5, 0.6) is 0 Å². The molecule has 1 aromatic carbocycles. The van der Waals surface area contributed by atoms with E-state index in [0.717, 1.165) is 24.2 Å². The number of aromatic nitrogens is 2. The van der Waals surface area contributed by atoms with Crippen molar-refractivity contribution in [3.05, 3.63) is 47.3 Å². The van der Waals surface area contributed by atoms with E-state index in [0.29, 0.717) is 24.2 Å². The van der Waals surface area contributed by atoms with Crippen LogP contribution < -0.4 is 5.32 Å². The lowest BCUT2D eigenvalue weighted by Gasteiger charge is -2.15. The molecule has 0 radical (unpaired) electrons. The second-order valence-corrected chi connectivity index (χ2v) is 5.48. The maximum absolute atomic E-state index is 12.2. The normalized spacial score (nSPS) is 14.4. The first-order chi connectivity index (χ1) is 10.6. The van der Waals surface area contributed by atoms with E-state index < -0.39 is 0 Å². The Morgan fingerprint density at radius 1 is 1.36 bits per heavy atom. The molecular formula is C16H18N4O2. The van der Waals surface area contributed by atoms with Crippen molar-refractivity contribution >= 4 is 17.5 Å². The molecule has 3 rings (SSSR count). The average Bonchev–Trinajstić information content (AvgIpc) is 3.09. The highest BCUT2D eigenvalue weighted by Gasteiger charge is 2.20. The first kappa shape index (κ1) is 14.3. The maximum Gasteiger partial charge on any atom is 0.255 e. The van der Waals surface area contributed by atoms with Crippen LogP contribution in [0.1, 0.15) is 34.5 Å². The summed E-state index contributed by atoms with van der Waals surface area (Å²) < 4.78 is 0. The Labute approximate surface area is 128 Å². The van der Waals surface area contributed by atoms with Gasteiger partial charge in [0, 0.05) is 25.1 Å². The molecule has 0 spiro atoms. The molecule has 1 aliphatic heterocycles. The van der Waals surface area contributed by atoms with Crippen LogP contribution in [0.15, 0.2) is 30.5 Å². The van der Waals surface area contributed by atoms with Gasteiger partial charge >= 0.3 is 0 Å². The summed E-state index contributed by atoms with van der Waals surface area (Å²) in [5.41, 5.74) is 3.11.